The Morgan fingerprint density at radius 1 is 1.11 bits per heavy atom. The first-order valence-electron chi connectivity index (χ1n) is 12.3. The third kappa shape index (κ3) is 5.47. The average Bonchev–Trinajstić information content (AvgIpc) is 3.36. The molecule has 0 aliphatic carbocycles. The predicted octanol–water partition coefficient (Wildman–Crippen LogP) is 4.80. The summed E-state index contributed by atoms with van der Waals surface area (Å²) in [5.41, 5.74) is 2.07. The molecule has 0 unspecified atom stereocenters. The highest BCUT2D eigenvalue weighted by Crippen LogP contribution is 2.38. The summed E-state index contributed by atoms with van der Waals surface area (Å²) < 4.78 is 41.8. The highest BCUT2D eigenvalue weighted by atomic mass is 35.5. The van der Waals surface area contributed by atoms with Crippen molar-refractivity contribution in [2.45, 2.75) is 36.7 Å². The Hall–Kier alpha value is -2.30. The van der Waals surface area contributed by atoms with E-state index >= 15 is 0 Å². The van der Waals surface area contributed by atoms with Crippen molar-refractivity contribution < 1.29 is 17.6 Å². The summed E-state index contributed by atoms with van der Waals surface area (Å²) in [5.74, 6) is -0.263. The minimum atomic E-state index is -3.67. The first-order valence-corrected chi connectivity index (χ1v) is 15.0. The molecule has 3 heterocycles. The molecule has 0 bridgehead atoms. The fourth-order valence-corrected chi connectivity index (χ4v) is 7.98. The zero-order chi connectivity index (χ0) is 26.2. The molecule has 0 N–H and O–H groups in total. The molecule has 6 nitrogen and oxygen atoms in total. The van der Waals surface area contributed by atoms with Crippen molar-refractivity contribution in [1.82, 2.24) is 14.1 Å². The topological polar surface area (TPSA) is 60.9 Å². The third-order valence-electron chi connectivity index (χ3n) is 7.18. The molecule has 0 spiro atoms. The highest BCUT2D eigenvalue weighted by Gasteiger charge is 2.36. The molecular formula is C27H29ClFN3O3S2. The van der Waals surface area contributed by atoms with E-state index in [2.05, 4.69) is 16.3 Å². The minimum absolute atomic E-state index is 0.00417. The van der Waals surface area contributed by atoms with Crippen LogP contribution in [0.3, 0.4) is 0 Å². The Bertz CT molecular complexity index is 1380. The van der Waals surface area contributed by atoms with Gasteiger partial charge in [-0.2, -0.15) is 4.31 Å². The van der Waals surface area contributed by atoms with E-state index in [4.69, 9.17) is 11.6 Å². The van der Waals surface area contributed by atoms with Gasteiger partial charge in [-0.3, -0.25) is 9.69 Å². The zero-order valence-corrected chi connectivity index (χ0v) is 22.9. The van der Waals surface area contributed by atoms with Crippen molar-refractivity contribution in [1.29, 1.82) is 0 Å². The van der Waals surface area contributed by atoms with E-state index in [1.807, 2.05) is 13.0 Å². The SMILES string of the molecule is C[C@@H]1CN(C(=O)CCN2CCc3sccc3[C@H]2c2cccc(F)c2)CCN1S(=O)(=O)c1ccc(Cl)cc1. The fourth-order valence-electron chi connectivity index (χ4n) is 5.34. The van der Waals surface area contributed by atoms with Gasteiger partial charge in [-0.25, -0.2) is 12.8 Å². The van der Waals surface area contributed by atoms with Crippen molar-refractivity contribution in [3.8, 4) is 0 Å². The number of fused-ring (bicyclic) bond motifs is 1. The summed E-state index contributed by atoms with van der Waals surface area (Å²) in [5, 5.41) is 2.55. The molecule has 1 saturated heterocycles. The van der Waals surface area contributed by atoms with Gasteiger partial charge in [-0.05, 0) is 72.3 Å². The molecule has 3 aromatic rings. The zero-order valence-electron chi connectivity index (χ0n) is 20.5. The highest BCUT2D eigenvalue weighted by molar-refractivity contribution is 7.89. The van der Waals surface area contributed by atoms with Crippen LogP contribution in [0.2, 0.25) is 5.02 Å². The molecule has 37 heavy (non-hydrogen) atoms. The first kappa shape index (κ1) is 26.3. The quantitative estimate of drug-likeness (QED) is 0.434. The lowest BCUT2D eigenvalue weighted by Gasteiger charge is -2.40. The van der Waals surface area contributed by atoms with Crippen molar-refractivity contribution in [2.75, 3.05) is 32.7 Å². The van der Waals surface area contributed by atoms with Gasteiger partial charge >= 0.3 is 0 Å². The second kappa shape index (κ2) is 10.8. The van der Waals surface area contributed by atoms with E-state index in [1.165, 1.54) is 32.9 Å². The molecule has 10 heteroatoms. The van der Waals surface area contributed by atoms with Crippen LogP contribution in [0, 0.1) is 5.82 Å². The maximum Gasteiger partial charge on any atom is 0.243 e. The van der Waals surface area contributed by atoms with Crippen LogP contribution in [0.25, 0.3) is 0 Å². The van der Waals surface area contributed by atoms with Crippen LogP contribution in [0.15, 0.2) is 64.9 Å². The molecule has 2 aromatic carbocycles. The van der Waals surface area contributed by atoms with Gasteiger partial charge < -0.3 is 4.90 Å². The lowest BCUT2D eigenvalue weighted by molar-refractivity contribution is -0.133. The molecule has 1 aromatic heterocycles. The molecule has 0 radical (unpaired) electrons. The number of amides is 1. The molecule has 196 valence electrons. The molecule has 5 rings (SSSR count). The number of thiophene rings is 1. The van der Waals surface area contributed by atoms with Crippen LogP contribution in [0.4, 0.5) is 4.39 Å². The number of nitrogens with zero attached hydrogens (tertiary/aromatic N) is 3. The van der Waals surface area contributed by atoms with Crippen LogP contribution in [-0.2, 0) is 21.2 Å². The van der Waals surface area contributed by atoms with Gasteiger partial charge in [0.1, 0.15) is 5.82 Å². The number of hydrogen-bond donors (Lipinski definition) is 0. The van der Waals surface area contributed by atoms with E-state index in [0.29, 0.717) is 31.1 Å². The molecule has 2 atom stereocenters. The number of piperazine rings is 1. The lowest BCUT2D eigenvalue weighted by atomic mass is 9.93. The number of sulfonamides is 1. The van der Waals surface area contributed by atoms with E-state index in [0.717, 1.165) is 18.5 Å². The number of benzene rings is 2. The second-order valence-electron chi connectivity index (χ2n) is 9.55. The first-order chi connectivity index (χ1) is 17.7. The molecule has 1 fully saturated rings. The molecule has 0 saturated carbocycles. The lowest BCUT2D eigenvalue weighted by Crippen LogP contribution is -2.55. The summed E-state index contributed by atoms with van der Waals surface area (Å²) in [7, 11) is -3.67. The van der Waals surface area contributed by atoms with Gasteiger partial charge in [0.05, 0.1) is 10.9 Å². The van der Waals surface area contributed by atoms with Crippen LogP contribution < -0.4 is 0 Å². The Kier molecular flexibility index (Phi) is 7.70. The third-order valence-corrected chi connectivity index (χ3v) is 10.5. The van der Waals surface area contributed by atoms with Crippen molar-refractivity contribution >= 4 is 38.9 Å². The van der Waals surface area contributed by atoms with Gasteiger partial charge in [-0.15, -0.1) is 11.3 Å². The number of carbonyl (C=O) groups excluding carboxylic acids is 1. The smallest absolute Gasteiger partial charge is 0.243 e. The Morgan fingerprint density at radius 2 is 1.89 bits per heavy atom. The van der Waals surface area contributed by atoms with Gasteiger partial charge in [0.15, 0.2) is 0 Å². The summed E-state index contributed by atoms with van der Waals surface area (Å²) in [6.07, 6.45) is 1.23. The van der Waals surface area contributed by atoms with Gasteiger partial charge in [0.2, 0.25) is 15.9 Å². The standard InChI is InChI=1S/C27H29ClFN3O3S2/c1-19-18-31(14-15-32(19)37(34,35)23-7-5-21(28)6-8-23)26(33)10-13-30-12-9-25-24(11-16-36-25)27(30)20-3-2-4-22(29)17-20/h2-8,11,16-17,19,27H,9-10,12-15,18H2,1H3/t19-,27-/m1/s1. The minimum Gasteiger partial charge on any atom is -0.340 e. The van der Waals surface area contributed by atoms with Crippen molar-refractivity contribution in [2.24, 2.45) is 0 Å². The fraction of sp³-hybridized carbons (Fsp3) is 0.370. The second-order valence-corrected chi connectivity index (χ2v) is 12.9. The van der Waals surface area contributed by atoms with Gasteiger partial charge in [0.25, 0.3) is 0 Å². The largest absolute Gasteiger partial charge is 0.340 e. The Labute approximate surface area is 226 Å². The van der Waals surface area contributed by atoms with Crippen LogP contribution >= 0.6 is 22.9 Å². The van der Waals surface area contributed by atoms with Gasteiger partial charge in [-0.1, -0.05) is 23.7 Å². The number of halogens is 2. The maximum atomic E-state index is 14.1. The molecular weight excluding hydrogens is 533 g/mol. The molecule has 1 amide bonds. The summed E-state index contributed by atoms with van der Waals surface area (Å²) in [6.45, 7) is 4.10. The normalized spacial score (nSPS) is 21.1. The maximum absolute atomic E-state index is 14.1. The predicted molar refractivity (Wildman–Crippen MR) is 144 cm³/mol. The van der Waals surface area contributed by atoms with Crippen molar-refractivity contribution in [3.05, 3.63) is 86.8 Å². The summed E-state index contributed by atoms with van der Waals surface area (Å²) >= 11 is 7.64. The van der Waals surface area contributed by atoms with Gasteiger partial charge in [0, 0.05) is 55.1 Å². The number of rotatable bonds is 6. The number of hydrogen-bond acceptors (Lipinski definition) is 5. The summed E-state index contributed by atoms with van der Waals surface area (Å²) in [6, 6.07) is 14.5. The average molecular weight is 562 g/mol. The van der Waals surface area contributed by atoms with E-state index < -0.39 is 10.0 Å². The summed E-state index contributed by atoms with van der Waals surface area (Å²) in [4.78, 5) is 18.7. The van der Waals surface area contributed by atoms with E-state index in [9.17, 15) is 17.6 Å². The van der Waals surface area contributed by atoms with Crippen LogP contribution in [0.1, 0.15) is 35.4 Å². The number of carbonyl (C=O) groups is 1. The molecule has 2 aliphatic heterocycles. The van der Waals surface area contributed by atoms with Crippen molar-refractivity contribution in [3.63, 3.8) is 0 Å². The Balaban J connectivity index is 1.24. The van der Waals surface area contributed by atoms with E-state index in [1.54, 1.807) is 40.5 Å². The van der Waals surface area contributed by atoms with E-state index in [-0.39, 0.29) is 35.2 Å². The Morgan fingerprint density at radius 3 is 2.62 bits per heavy atom. The molecule has 2 aliphatic rings. The van der Waals surface area contributed by atoms with Crippen LogP contribution in [-0.4, -0.2) is 67.2 Å². The monoisotopic (exact) mass is 561 g/mol. The van der Waals surface area contributed by atoms with Crippen LogP contribution in [0.5, 0.6) is 0 Å².